The number of rotatable bonds is 12. The van der Waals surface area contributed by atoms with Crippen molar-refractivity contribution in [3.05, 3.63) is 35.7 Å². The monoisotopic (exact) mass is 515 g/mol. The third kappa shape index (κ3) is 9.58. The predicted molar refractivity (Wildman–Crippen MR) is 128 cm³/mol. The lowest BCUT2D eigenvalue weighted by atomic mass is 10.1. The second-order valence-electron chi connectivity index (χ2n) is 6.64. The highest BCUT2D eigenvalue weighted by Gasteiger charge is 2.09. The molecule has 2 aromatic rings. The topological polar surface area (TPSA) is 84.6 Å². The van der Waals surface area contributed by atoms with Gasteiger partial charge in [0.1, 0.15) is 0 Å². The Bertz CT molecular complexity index is 721. The van der Waals surface area contributed by atoms with Crippen molar-refractivity contribution in [2.75, 3.05) is 26.8 Å². The molecule has 1 heterocycles. The van der Waals surface area contributed by atoms with E-state index in [9.17, 15) is 0 Å². The molecule has 2 rings (SSSR count). The summed E-state index contributed by atoms with van der Waals surface area (Å²) in [5, 5.41) is 10.7. The Kier molecular flexibility index (Phi) is 13.3. The molecule has 7 nitrogen and oxygen atoms in total. The molecule has 1 aromatic carbocycles. The van der Waals surface area contributed by atoms with Gasteiger partial charge in [-0.1, -0.05) is 37.6 Å². The zero-order valence-corrected chi connectivity index (χ0v) is 20.1. The number of hydrogen-bond acceptors (Lipinski definition) is 5. The molecule has 0 unspecified atom stereocenters. The van der Waals surface area contributed by atoms with Crippen LogP contribution in [0.25, 0.3) is 11.5 Å². The van der Waals surface area contributed by atoms with E-state index in [1.165, 1.54) is 6.42 Å². The maximum atomic E-state index is 5.57. The molecule has 0 bridgehead atoms. The van der Waals surface area contributed by atoms with Crippen LogP contribution in [0.5, 0.6) is 0 Å². The van der Waals surface area contributed by atoms with Crippen LogP contribution < -0.4 is 10.6 Å². The van der Waals surface area contributed by atoms with Crippen molar-refractivity contribution in [1.29, 1.82) is 0 Å². The second-order valence-corrected chi connectivity index (χ2v) is 6.64. The highest BCUT2D eigenvalue weighted by Crippen LogP contribution is 2.18. The van der Waals surface area contributed by atoms with E-state index < -0.39 is 0 Å². The van der Waals surface area contributed by atoms with Crippen molar-refractivity contribution >= 4 is 29.9 Å². The summed E-state index contributed by atoms with van der Waals surface area (Å²) in [6, 6.07) is 8.11. The molecule has 0 saturated heterocycles. The van der Waals surface area contributed by atoms with Crippen molar-refractivity contribution in [3.63, 3.8) is 0 Å². The van der Waals surface area contributed by atoms with E-state index in [-0.39, 0.29) is 24.0 Å². The molecule has 29 heavy (non-hydrogen) atoms. The molecule has 0 aliphatic carbocycles. The Morgan fingerprint density at radius 3 is 2.72 bits per heavy atom. The fourth-order valence-corrected chi connectivity index (χ4v) is 2.65. The lowest BCUT2D eigenvalue weighted by Gasteiger charge is -2.12. The van der Waals surface area contributed by atoms with Crippen molar-refractivity contribution in [3.8, 4) is 11.5 Å². The number of benzene rings is 1. The minimum atomic E-state index is 0. The van der Waals surface area contributed by atoms with Crippen molar-refractivity contribution in [2.24, 2.45) is 4.99 Å². The van der Waals surface area contributed by atoms with Crippen molar-refractivity contribution in [1.82, 2.24) is 20.8 Å². The van der Waals surface area contributed by atoms with Crippen molar-refractivity contribution in [2.45, 2.75) is 52.5 Å². The highest BCUT2D eigenvalue weighted by molar-refractivity contribution is 14.0. The third-order valence-electron chi connectivity index (χ3n) is 4.20. The number of hydrogen-bond donors (Lipinski definition) is 2. The van der Waals surface area contributed by atoms with Gasteiger partial charge >= 0.3 is 0 Å². The molecule has 0 spiro atoms. The Balaban J connectivity index is 0.00000420. The van der Waals surface area contributed by atoms with Crippen LogP contribution >= 0.6 is 24.0 Å². The first kappa shape index (κ1) is 25.4. The van der Waals surface area contributed by atoms with E-state index in [1.54, 1.807) is 7.05 Å². The van der Waals surface area contributed by atoms with E-state index in [1.807, 2.05) is 12.1 Å². The average Bonchev–Trinajstić information content (AvgIpc) is 3.19. The van der Waals surface area contributed by atoms with Crippen LogP contribution in [0.3, 0.4) is 0 Å². The molecule has 0 amide bonds. The number of guanidine groups is 1. The molecule has 2 N–H and O–H groups in total. The summed E-state index contributed by atoms with van der Waals surface area (Å²) in [5.41, 5.74) is 2.06. The Morgan fingerprint density at radius 1 is 1.14 bits per heavy atom. The highest BCUT2D eigenvalue weighted by atomic mass is 127. The number of ether oxygens (including phenoxy) is 1. The molecule has 0 aliphatic heterocycles. The minimum Gasteiger partial charge on any atom is -0.381 e. The van der Waals surface area contributed by atoms with Gasteiger partial charge in [-0.3, -0.25) is 4.99 Å². The molecule has 162 valence electrons. The van der Waals surface area contributed by atoms with Gasteiger partial charge < -0.3 is 19.9 Å². The lowest BCUT2D eigenvalue weighted by molar-refractivity contribution is 0.129. The van der Waals surface area contributed by atoms with Gasteiger partial charge in [-0.2, -0.15) is 4.98 Å². The summed E-state index contributed by atoms with van der Waals surface area (Å²) in [7, 11) is 1.78. The Labute approximate surface area is 191 Å². The second kappa shape index (κ2) is 15.2. The summed E-state index contributed by atoms with van der Waals surface area (Å²) in [6.45, 7) is 7.38. The van der Waals surface area contributed by atoms with Gasteiger partial charge in [-0.05, 0) is 37.0 Å². The quantitative estimate of drug-likeness (QED) is 0.191. The van der Waals surface area contributed by atoms with E-state index in [0.717, 1.165) is 68.4 Å². The fraction of sp³-hybridized carbons (Fsp3) is 0.571. The smallest absolute Gasteiger partial charge is 0.257 e. The Hall–Kier alpha value is -1.68. The van der Waals surface area contributed by atoms with E-state index >= 15 is 0 Å². The Morgan fingerprint density at radius 2 is 1.97 bits per heavy atom. The molecule has 0 atom stereocenters. The van der Waals surface area contributed by atoms with Gasteiger partial charge in [0.15, 0.2) is 11.8 Å². The molecular formula is C21H34IN5O2. The molecule has 1 aromatic heterocycles. The number of nitrogens with zero attached hydrogens (tertiary/aromatic N) is 3. The predicted octanol–water partition coefficient (Wildman–Crippen LogP) is 4.18. The van der Waals surface area contributed by atoms with Gasteiger partial charge in [-0.25, -0.2) is 0 Å². The van der Waals surface area contributed by atoms with Gasteiger partial charge in [0.25, 0.3) is 5.89 Å². The van der Waals surface area contributed by atoms with E-state index in [0.29, 0.717) is 12.4 Å². The number of aromatic nitrogens is 2. The number of aliphatic imine (C=N–C) groups is 1. The maximum absolute atomic E-state index is 5.57. The first-order valence-corrected chi connectivity index (χ1v) is 10.2. The number of halogens is 1. The normalized spacial score (nSPS) is 11.2. The van der Waals surface area contributed by atoms with E-state index in [2.05, 4.69) is 51.7 Å². The third-order valence-corrected chi connectivity index (χ3v) is 4.20. The maximum Gasteiger partial charge on any atom is 0.257 e. The van der Waals surface area contributed by atoms with Crippen LogP contribution in [0.15, 0.2) is 33.8 Å². The lowest BCUT2D eigenvalue weighted by Crippen LogP contribution is -2.37. The zero-order valence-electron chi connectivity index (χ0n) is 17.7. The summed E-state index contributed by atoms with van der Waals surface area (Å²) < 4.78 is 10.9. The fourth-order valence-electron chi connectivity index (χ4n) is 2.65. The zero-order chi connectivity index (χ0) is 20.0. The first-order valence-electron chi connectivity index (χ1n) is 10.2. The first-order chi connectivity index (χ1) is 13.8. The number of aryl methyl sites for hydroxylation is 1. The van der Waals surface area contributed by atoms with Crippen LogP contribution in [-0.2, 0) is 17.7 Å². The van der Waals surface area contributed by atoms with Crippen LogP contribution in [-0.4, -0.2) is 42.9 Å². The van der Waals surface area contributed by atoms with Crippen LogP contribution in [0.1, 0.15) is 50.9 Å². The molecule has 0 fully saturated rings. The molecule has 0 aliphatic rings. The summed E-state index contributed by atoms with van der Waals surface area (Å²) in [5.74, 6) is 2.10. The standard InChI is InChI=1S/C21H33N5O2.HI/c1-4-6-13-27-14-8-12-23-21(22-3)24-16-17-10-7-11-18(15-17)20-25-19(9-5-2)26-28-20;/h7,10-11,15H,4-6,8-9,12-14,16H2,1-3H3,(H2,22,23,24);1H. The van der Waals surface area contributed by atoms with Gasteiger partial charge in [0.05, 0.1) is 0 Å². The number of unbranched alkanes of at least 4 members (excludes halogenated alkanes) is 1. The minimum absolute atomic E-state index is 0. The average molecular weight is 515 g/mol. The SMILES string of the molecule is CCCCOCCCNC(=NC)NCc1cccc(-c2nc(CCC)no2)c1.I. The molecule has 8 heteroatoms. The molecule has 0 radical (unpaired) electrons. The largest absolute Gasteiger partial charge is 0.381 e. The number of nitrogens with one attached hydrogen (secondary N) is 2. The van der Waals surface area contributed by atoms with Crippen LogP contribution in [0.2, 0.25) is 0 Å². The van der Waals surface area contributed by atoms with E-state index in [4.69, 9.17) is 9.26 Å². The summed E-state index contributed by atoms with van der Waals surface area (Å²) in [4.78, 5) is 8.72. The van der Waals surface area contributed by atoms with Crippen LogP contribution in [0, 0.1) is 0 Å². The summed E-state index contributed by atoms with van der Waals surface area (Å²) in [6.07, 6.45) is 5.08. The van der Waals surface area contributed by atoms with Gasteiger partial charge in [0.2, 0.25) is 0 Å². The van der Waals surface area contributed by atoms with Crippen molar-refractivity contribution < 1.29 is 9.26 Å². The molecule has 0 saturated carbocycles. The van der Waals surface area contributed by atoms with Gasteiger partial charge in [0, 0.05) is 45.3 Å². The summed E-state index contributed by atoms with van der Waals surface area (Å²) >= 11 is 0. The van der Waals surface area contributed by atoms with Gasteiger partial charge in [-0.15, -0.1) is 24.0 Å². The van der Waals surface area contributed by atoms with Crippen LogP contribution in [0.4, 0.5) is 0 Å². The molecular weight excluding hydrogens is 481 g/mol.